The van der Waals surface area contributed by atoms with Gasteiger partial charge < -0.3 is 9.31 Å². The summed E-state index contributed by atoms with van der Waals surface area (Å²) in [6, 6.07) is 17.2. The largest absolute Gasteiger partial charge is 0.494 e. The van der Waals surface area contributed by atoms with Crippen LogP contribution in [-0.2, 0) is 9.31 Å². The molecule has 1 heterocycles. The Morgan fingerprint density at radius 2 is 1.40 bits per heavy atom. The monoisotopic (exact) mass is 330 g/mol. The molecule has 0 atom stereocenters. The van der Waals surface area contributed by atoms with E-state index in [4.69, 9.17) is 14.6 Å². The Morgan fingerprint density at radius 1 is 0.800 bits per heavy atom. The zero-order valence-corrected chi connectivity index (χ0v) is 14.8. The number of nitriles is 2. The van der Waals surface area contributed by atoms with Gasteiger partial charge in [0.15, 0.2) is 0 Å². The lowest BCUT2D eigenvalue weighted by Crippen LogP contribution is -2.41. The molecule has 4 nitrogen and oxygen atoms in total. The summed E-state index contributed by atoms with van der Waals surface area (Å²) in [7, 11) is -0.531. The highest BCUT2D eigenvalue weighted by atomic mass is 16.7. The van der Waals surface area contributed by atoms with Crippen LogP contribution in [-0.4, -0.2) is 18.3 Å². The van der Waals surface area contributed by atoms with Crippen molar-refractivity contribution in [3.63, 3.8) is 0 Å². The van der Waals surface area contributed by atoms with Crippen molar-refractivity contribution in [1.82, 2.24) is 0 Å². The predicted molar refractivity (Wildman–Crippen MR) is 97.0 cm³/mol. The SMILES string of the molecule is CC1(C)OB(c2cc(C#N)cc(-c3cccc(C#N)c3)c2)OC1(C)C. The average Bonchev–Trinajstić information content (AvgIpc) is 2.82. The first-order valence-electron chi connectivity index (χ1n) is 8.17. The van der Waals surface area contributed by atoms with E-state index in [0.717, 1.165) is 16.6 Å². The molecular formula is C20H19BN2O2. The van der Waals surface area contributed by atoms with E-state index in [1.807, 2.05) is 58.0 Å². The topological polar surface area (TPSA) is 66.0 Å². The fourth-order valence-electron chi connectivity index (χ4n) is 2.77. The highest BCUT2D eigenvalue weighted by Gasteiger charge is 2.51. The Kier molecular flexibility index (Phi) is 4.17. The van der Waals surface area contributed by atoms with E-state index in [2.05, 4.69) is 12.1 Å². The average molecular weight is 330 g/mol. The molecule has 2 aromatic rings. The minimum absolute atomic E-state index is 0.443. The molecule has 1 aliphatic rings. The third-order valence-electron chi connectivity index (χ3n) is 4.93. The minimum Gasteiger partial charge on any atom is -0.399 e. The lowest BCUT2D eigenvalue weighted by Gasteiger charge is -2.32. The second-order valence-corrected chi connectivity index (χ2v) is 7.24. The summed E-state index contributed by atoms with van der Waals surface area (Å²) in [6.45, 7) is 7.99. The molecule has 25 heavy (non-hydrogen) atoms. The zero-order chi connectivity index (χ0) is 18.2. The minimum atomic E-state index is -0.531. The summed E-state index contributed by atoms with van der Waals surface area (Å²) in [4.78, 5) is 0. The van der Waals surface area contributed by atoms with Gasteiger partial charge in [0, 0.05) is 0 Å². The summed E-state index contributed by atoms with van der Waals surface area (Å²) < 4.78 is 12.2. The zero-order valence-electron chi connectivity index (χ0n) is 14.8. The second kappa shape index (κ2) is 6.04. The maximum Gasteiger partial charge on any atom is 0.494 e. The van der Waals surface area contributed by atoms with Crippen LogP contribution in [0, 0.1) is 22.7 Å². The van der Waals surface area contributed by atoms with Gasteiger partial charge in [-0.15, -0.1) is 0 Å². The van der Waals surface area contributed by atoms with E-state index in [9.17, 15) is 5.26 Å². The molecule has 0 bridgehead atoms. The Morgan fingerprint density at radius 3 is 2.00 bits per heavy atom. The summed E-state index contributed by atoms with van der Waals surface area (Å²) >= 11 is 0. The van der Waals surface area contributed by atoms with Crippen molar-refractivity contribution >= 4 is 12.6 Å². The highest BCUT2D eigenvalue weighted by molar-refractivity contribution is 6.62. The molecule has 0 spiro atoms. The van der Waals surface area contributed by atoms with Crippen LogP contribution in [0.15, 0.2) is 42.5 Å². The molecule has 2 aromatic carbocycles. The number of hydrogen-bond acceptors (Lipinski definition) is 4. The third kappa shape index (κ3) is 3.17. The van der Waals surface area contributed by atoms with Crippen LogP contribution in [0.25, 0.3) is 11.1 Å². The maximum absolute atomic E-state index is 9.40. The summed E-state index contributed by atoms with van der Waals surface area (Å²) in [5.74, 6) is 0. The van der Waals surface area contributed by atoms with Crippen LogP contribution >= 0.6 is 0 Å². The normalized spacial score (nSPS) is 17.8. The molecular weight excluding hydrogens is 311 g/mol. The van der Waals surface area contributed by atoms with E-state index in [-0.39, 0.29) is 0 Å². The highest BCUT2D eigenvalue weighted by Crippen LogP contribution is 2.36. The van der Waals surface area contributed by atoms with Gasteiger partial charge in [-0.3, -0.25) is 0 Å². The Balaban J connectivity index is 2.05. The van der Waals surface area contributed by atoms with Crippen LogP contribution in [0.2, 0.25) is 0 Å². The quantitative estimate of drug-likeness (QED) is 0.792. The fraction of sp³-hybridized carbons (Fsp3) is 0.300. The van der Waals surface area contributed by atoms with Gasteiger partial charge >= 0.3 is 7.12 Å². The van der Waals surface area contributed by atoms with E-state index in [0.29, 0.717) is 11.1 Å². The first kappa shape index (κ1) is 17.2. The second-order valence-electron chi connectivity index (χ2n) is 7.24. The molecule has 1 saturated heterocycles. The molecule has 5 heteroatoms. The molecule has 0 aliphatic carbocycles. The molecule has 0 amide bonds. The van der Waals surface area contributed by atoms with Crippen LogP contribution in [0.4, 0.5) is 0 Å². The van der Waals surface area contributed by atoms with E-state index >= 15 is 0 Å². The van der Waals surface area contributed by atoms with Gasteiger partial charge in [-0.25, -0.2) is 0 Å². The van der Waals surface area contributed by atoms with Gasteiger partial charge in [0.1, 0.15) is 0 Å². The van der Waals surface area contributed by atoms with Gasteiger partial charge in [-0.2, -0.15) is 10.5 Å². The molecule has 0 radical (unpaired) electrons. The first-order valence-corrected chi connectivity index (χ1v) is 8.17. The number of benzene rings is 2. The van der Waals surface area contributed by atoms with E-state index in [1.54, 1.807) is 12.1 Å². The third-order valence-corrected chi connectivity index (χ3v) is 4.93. The summed E-state index contributed by atoms with van der Waals surface area (Å²) in [5.41, 5.74) is 2.77. The summed E-state index contributed by atoms with van der Waals surface area (Å²) in [5, 5.41) is 18.5. The van der Waals surface area contributed by atoms with Crippen LogP contribution in [0.1, 0.15) is 38.8 Å². The van der Waals surface area contributed by atoms with Gasteiger partial charge in [-0.05, 0) is 68.6 Å². The van der Waals surface area contributed by atoms with E-state index in [1.165, 1.54) is 0 Å². The van der Waals surface area contributed by atoms with Crippen molar-refractivity contribution in [3.8, 4) is 23.3 Å². The molecule has 1 fully saturated rings. The Bertz CT molecular complexity index is 891. The van der Waals surface area contributed by atoms with Crippen molar-refractivity contribution in [2.45, 2.75) is 38.9 Å². The molecule has 124 valence electrons. The van der Waals surface area contributed by atoms with Crippen molar-refractivity contribution in [2.24, 2.45) is 0 Å². The number of rotatable bonds is 2. The summed E-state index contributed by atoms with van der Waals surface area (Å²) in [6.07, 6.45) is 0. The molecule has 0 aromatic heterocycles. The predicted octanol–water partition coefficient (Wildman–Crippen LogP) is 3.40. The molecule has 0 saturated carbocycles. The van der Waals surface area contributed by atoms with Crippen molar-refractivity contribution in [1.29, 1.82) is 10.5 Å². The van der Waals surface area contributed by atoms with Crippen molar-refractivity contribution in [2.75, 3.05) is 0 Å². The number of nitrogens with zero attached hydrogens (tertiary/aromatic N) is 2. The smallest absolute Gasteiger partial charge is 0.399 e. The number of hydrogen-bond donors (Lipinski definition) is 0. The molecule has 0 unspecified atom stereocenters. The molecule has 1 aliphatic heterocycles. The Hall–Kier alpha value is -2.60. The van der Waals surface area contributed by atoms with Gasteiger partial charge in [0.05, 0.1) is 34.5 Å². The van der Waals surface area contributed by atoms with Crippen molar-refractivity contribution in [3.05, 3.63) is 53.6 Å². The molecule has 3 rings (SSSR count). The van der Waals surface area contributed by atoms with Crippen LogP contribution in [0.5, 0.6) is 0 Å². The standard InChI is InChI=1S/C20H19BN2O2/c1-19(2)20(3,4)25-21(24-19)18-10-15(13-23)9-17(11-18)16-7-5-6-14(8-16)12-22/h5-11H,1-4H3. The van der Waals surface area contributed by atoms with Gasteiger partial charge in [-0.1, -0.05) is 18.2 Å². The lowest BCUT2D eigenvalue weighted by atomic mass is 9.77. The maximum atomic E-state index is 9.40. The first-order chi connectivity index (χ1) is 11.8. The van der Waals surface area contributed by atoms with E-state index < -0.39 is 18.3 Å². The fourth-order valence-corrected chi connectivity index (χ4v) is 2.77. The van der Waals surface area contributed by atoms with Gasteiger partial charge in [0.25, 0.3) is 0 Å². The lowest BCUT2D eigenvalue weighted by molar-refractivity contribution is 0.00578. The van der Waals surface area contributed by atoms with Crippen molar-refractivity contribution < 1.29 is 9.31 Å². The Labute approximate surface area is 148 Å². The van der Waals surface area contributed by atoms with Gasteiger partial charge in [0.2, 0.25) is 0 Å². The molecule has 0 N–H and O–H groups in total. The van der Waals surface area contributed by atoms with Crippen LogP contribution in [0.3, 0.4) is 0 Å². The van der Waals surface area contributed by atoms with Crippen LogP contribution < -0.4 is 5.46 Å².